The lowest BCUT2D eigenvalue weighted by atomic mass is 10.1. The smallest absolute Gasteiger partial charge is 0.376 e. The molecule has 0 aliphatic rings. The molecule has 0 bridgehead atoms. The molecular formula is C11H8BrNO3. The normalized spacial score (nSPS) is 10.1. The highest BCUT2D eigenvalue weighted by Crippen LogP contribution is 2.24. The topological polar surface area (TPSA) is 52.3 Å². The van der Waals surface area contributed by atoms with E-state index in [0.717, 1.165) is 10.0 Å². The summed E-state index contributed by atoms with van der Waals surface area (Å²) in [5, 5.41) is 0. The zero-order valence-electron chi connectivity index (χ0n) is 8.44. The zero-order chi connectivity index (χ0) is 11.5. The minimum atomic E-state index is -0.532. The van der Waals surface area contributed by atoms with Crippen molar-refractivity contribution in [3.05, 3.63) is 40.9 Å². The average molecular weight is 282 g/mol. The van der Waals surface area contributed by atoms with Gasteiger partial charge in [-0.05, 0) is 12.1 Å². The molecule has 0 saturated carbocycles. The Balaban J connectivity index is 2.44. The molecule has 0 N–H and O–H groups in total. The number of hydrogen-bond donors (Lipinski definition) is 0. The highest BCUT2D eigenvalue weighted by Gasteiger charge is 2.18. The van der Waals surface area contributed by atoms with E-state index in [2.05, 4.69) is 25.7 Å². The average Bonchev–Trinajstić information content (AvgIpc) is 2.78. The van der Waals surface area contributed by atoms with Crippen LogP contribution in [0.25, 0.3) is 11.3 Å². The van der Waals surface area contributed by atoms with Gasteiger partial charge in [0.25, 0.3) is 0 Å². The van der Waals surface area contributed by atoms with Crippen LogP contribution in [0.1, 0.15) is 10.6 Å². The van der Waals surface area contributed by atoms with Crippen LogP contribution in [0.3, 0.4) is 0 Å². The van der Waals surface area contributed by atoms with Crippen molar-refractivity contribution in [3.8, 4) is 11.3 Å². The summed E-state index contributed by atoms with van der Waals surface area (Å²) in [4.78, 5) is 15.4. The van der Waals surface area contributed by atoms with Crippen LogP contribution in [0.5, 0.6) is 0 Å². The molecule has 82 valence electrons. The van der Waals surface area contributed by atoms with Crippen LogP contribution in [0, 0.1) is 0 Å². The monoisotopic (exact) mass is 281 g/mol. The standard InChI is InChI=1S/C11H8BrNO3/c1-15-11(14)10-9(13-6-16-10)7-2-4-8(12)5-3-7/h2-6H,1H3. The van der Waals surface area contributed by atoms with Crippen molar-refractivity contribution in [2.45, 2.75) is 0 Å². The Morgan fingerprint density at radius 1 is 1.38 bits per heavy atom. The summed E-state index contributed by atoms with van der Waals surface area (Å²) in [5.74, 6) is -0.416. The quantitative estimate of drug-likeness (QED) is 0.795. The van der Waals surface area contributed by atoms with Crippen molar-refractivity contribution in [2.24, 2.45) is 0 Å². The van der Waals surface area contributed by atoms with Gasteiger partial charge in [0, 0.05) is 10.0 Å². The van der Waals surface area contributed by atoms with Crippen molar-refractivity contribution in [1.29, 1.82) is 0 Å². The molecule has 2 rings (SSSR count). The second-order valence-corrected chi connectivity index (χ2v) is 3.94. The maximum Gasteiger partial charge on any atom is 0.376 e. The van der Waals surface area contributed by atoms with E-state index in [4.69, 9.17) is 4.42 Å². The van der Waals surface area contributed by atoms with Gasteiger partial charge in [-0.25, -0.2) is 9.78 Å². The van der Waals surface area contributed by atoms with Gasteiger partial charge in [-0.2, -0.15) is 0 Å². The Hall–Kier alpha value is -1.62. The van der Waals surface area contributed by atoms with Crippen LogP contribution in [-0.4, -0.2) is 18.1 Å². The Morgan fingerprint density at radius 3 is 2.69 bits per heavy atom. The van der Waals surface area contributed by atoms with Crippen molar-refractivity contribution in [3.63, 3.8) is 0 Å². The number of hydrogen-bond acceptors (Lipinski definition) is 4. The number of carbonyl (C=O) groups excluding carboxylic acids is 1. The number of benzene rings is 1. The van der Waals surface area contributed by atoms with E-state index in [1.165, 1.54) is 13.5 Å². The van der Waals surface area contributed by atoms with Crippen molar-refractivity contribution < 1.29 is 13.9 Å². The molecular weight excluding hydrogens is 274 g/mol. The molecule has 1 aromatic carbocycles. The van der Waals surface area contributed by atoms with E-state index in [-0.39, 0.29) is 5.76 Å². The van der Waals surface area contributed by atoms with Gasteiger partial charge in [0.2, 0.25) is 5.76 Å². The predicted octanol–water partition coefficient (Wildman–Crippen LogP) is 2.89. The van der Waals surface area contributed by atoms with Gasteiger partial charge in [0.1, 0.15) is 5.69 Å². The highest BCUT2D eigenvalue weighted by molar-refractivity contribution is 9.10. The predicted molar refractivity (Wildman–Crippen MR) is 61.0 cm³/mol. The number of esters is 1. The molecule has 2 aromatic rings. The van der Waals surface area contributed by atoms with Gasteiger partial charge in [-0.3, -0.25) is 0 Å². The molecule has 0 aliphatic carbocycles. The van der Waals surface area contributed by atoms with E-state index in [0.29, 0.717) is 5.69 Å². The maximum absolute atomic E-state index is 11.4. The third-order valence-electron chi connectivity index (χ3n) is 2.06. The Morgan fingerprint density at radius 2 is 2.06 bits per heavy atom. The van der Waals surface area contributed by atoms with E-state index >= 15 is 0 Å². The van der Waals surface area contributed by atoms with Crippen LogP contribution in [0.15, 0.2) is 39.5 Å². The molecule has 0 fully saturated rings. The molecule has 0 radical (unpaired) electrons. The molecule has 0 saturated heterocycles. The number of nitrogens with zero attached hydrogens (tertiary/aromatic N) is 1. The third-order valence-corrected chi connectivity index (χ3v) is 2.58. The van der Waals surface area contributed by atoms with E-state index < -0.39 is 5.97 Å². The molecule has 0 atom stereocenters. The van der Waals surface area contributed by atoms with Crippen molar-refractivity contribution in [2.75, 3.05) is 7.11 Å². The summed E-state index contributed by atoms with van der Waals surface area (Å²) in [7, 11) is 1.30. The number of aromatic nitrogens is 1. The fraction of sp³-hybridized carbons (Fsp3) is 0.0909. The molecule has 0 amide bonds. The van der Waals surface area contributed by atoms with Gasteiger partial charge in [0.15, 0.2) is 6.39 Å². The number of carbonyl (C=O) groups is 1. The Kier molecular flexibility index (Phi) is 3.05. The van der Waals surface area contributed by atoms with Crippen molar-refractivity contribution >= 4 is 21.9 Å². The van der Waals surface area contributed by atoms with E-state index in [1.807, 2.05) is 24.3 Å². The molecule has 5 heteroatoms. The maximum atomic E-state index is 11.4. The molecule has 16 heavy (non-hydrogen) atoms. The molecule has 0 spiro atoms. The number of rotatable bonds is 2. The second-order valence-electron chi connectivity index (χ2n) is 3.03. The summed E-state index contributed by atoms with van der Waals surface area (Å²) in [6.07, 6.45) is 1.23. The summed E-state index contributed by atoms with van der Waals surface area (Å²) < 4.78 is 10.6. The molecule has 1 heterocycles. The molecule has 1 aromatic heterocycles. The van der Waals surface area contributed by atoms with Gasteiger partial charge in [-0.15, -0.1) is 0 Å². The first-order valence-electron chi connectivity index (χ1n) is 4.50. The van der Waals surface area contributed by atoms with Crippen LogP contribution >= 0.6 is 15.9 Å². The van der Waals surface area contributed by atoms with Gasteiger partial charge in [0.05, 0.1) is 7.11 Å². The molecule has 0 aliphatic heterocycles. The highest BCUT2D eigenvalue weighted by atomic mass is 79.9. The summed E-state index contributed by atoms with van der Waals surface area (Å²) in [6.45, 7) is 0. The molecule has 4 nitrogen and oxygen atoms in total. The Bertz CT molecular complexity index is 504. The number of halogens is 1. The number of ether oxygens (including phenoxy) is 1. The first kappa shape index (κ1) is 10.9. The Labute approximate surface area is 100 Å². The fourth-order valence-corrected chi connectivity index (χ4v) is 1.56. The SMILES string of the molecule is COC(=O)c1ocnc1-c1ccc(Br)cc1. The lowest BCUT2D eigenvalue weighted by molar-refractivity contribution is 0.0566. The van der Waals surface area contributed by atoms with Crippen LogP contribution in [0.4, 0.5) is 0 Å². The van der Waals surface area contributed by atoms with Crippen molar-refractivity contribution in [1.82, 2.24) is 4.98 Å². The first-order chi connectivity index (χ1) is 7.72. The second kappa shape index (κ2) is 4.49. The number of methoxy groups -OCH3 is 1. The first-order valence-corrected chi connectivity index (χ1v) is 5.29. The summed E-state index contributed by atoms with van der Waals surface area (Å²) in [5.41, 5.74) is 1.29. The lowest BCUT2D eigenvalue weighted by Crippen LogP contribution is -2.01. The molecule has 0 unspecified atom stereocenters. The summed E-state index contributed by atoms with van der Waals surface area (Å²) >= 11 is 3.33. The minimum Gasteiger partial charge on any atom is -0.463 e. The zero-order valence-corrected chi connectivity index (χ0v) is 10.0. The largest absolute Gasteiger partial charge is 0.463 e. The number of oxazole rings is 1. The lowest BCUT2D eigenvalue weighted by Gasteiger charge is -1.99. The van der Waals surface area contributed by atoms with Crippen LogP contribution < -0.4 is 0 Å². The summed E-state index contributed by atoms with van der Waals surface area (Å²) in [6, 6.07) is 7.42. The van der Waals surface area contributed by atoms with E-state index in [1.54, 1.807) is 0 Å². The van der Waals surface area contributed by atoms with Crippen LogP contribution in [0.2, 0.25) is 0 Å². The van der Waals surface area contributed by atoms with Gasteiger partial charge < -0.3 is 9.15 Å². The third kappa shape index (κ3) is 1.99. The van der Waals surface area contributed by atoms with Crippen LogP contribution in [-0.2, 0) is 4.74 Å². The fourth-order valence-electron chi connectivity index (χ4n) is 1.30. The van der Waals surface area contributed by atoms with Gasteiger partial charge in [-0.1, -0.05) is 28.1 Å². The van der Waals surface area contributed by atoms with Gasteiger partial charge >= 0.3 is 5.97 Å². The van der Waals surface area contributed by atoms with E-state index in [9.17, 15) is 4.79 Å². The minimum absolute atomic E-state index is 0.116.